The van der Waals surface area contributed by atoms with Crippen LogP contribution in [-0.4, -0.2) is 66.0 Å². The van der Waals surface area contributed by atoms with E-state index in [2.05, 4.69) is 10.6 Å². The Morgan fingerprint density at radius 3 is 2.21 bits per heavy atom. The maximum Gasteiger partial charge on any atom is 0.337 e. The molecule has 0 spiro atoms. The second kappa shape index (κ2) is 14.9. The van der Waals surface area contributed by atoms with Crippen LogP contribution in [0.25, 0.3) is 0 Å². The maximum atomic E-state index is 13.6. The fourth-order valence-electron chi connectivity index (χ4n) is 4.31. The molecule has 0 radical (unpaired) electrons. The zero-order valence-electron chi connectivity index (χ0n) is 22.7. The van der Waals surface area contributed by atoms with Crippen molar-refractivity contribution in [3.8, 4) is 5.75 Å². The van der Waals surface area contributed by atoms with Gasteiger partial charge in [0.15, 0.2) is 5.12 Å². The van der Waals surface area contributed by atoms with Crippen molar-refractivity contribution in [3.05, 3.63) is 29.8 Å². The topological polar surface area (TPSA) is 137 Å². The number of methoxy groups -OCH3 is 1. The molecule has 0 aromatic heterocycles. The minimum absolute atomic E-state index is 0.116. The van der Waals surface area contributed by atoms with Gasteiger partial charge in [-0.2, -0.15) is 0 Å². The van der Waals surface area contributed by atoms with Crippen LogP contribution in [0.2, 0.25) is 0 Å². The lowest BCUT2D eigenvalue weighted by atomic mass is 9.94. The van der Waals surface area contributed by atoms with Gasteiger partial charge in [0.05, 0.1) is 11.9 Å². The number of thioether (sulfide) groups is 1. The summed E-state index contributed by atoms with van der Waals surface area (Å²) in [5, 5.41) is 4.92. The van der Waals surface area contributed by atoms with E-state index >= 15 is 0 Å². The van der Waals surface area contributed by atoms with Crippen LogP contribution in [0.4, 0.5) is 0 Å². The lowest BCUT2D eigenvalue weighted by Crippen LogP contribution is -2.61. The molecule has 2 rings (SSSR count). The maximum absolute atomic E-state index is 13.6. The van der Waals surface area contributed by atoms with Gasteiger partial charge < -0.3 is 24.8 Å². The molecule has 1 fully saturated rings. The van der Waals surface area contributed by atoms with Gasteiger partial charge in [-0.3, -0.25) is 14.4 Å². The van der Waals surface area contributed by atoms with Crippen molar-refractivity contribution in [1.82, 2.24) is 10.6 Å². The first-order chi connectivity index (χ1) is 18.0. The SMILES string of the molecule is CCOC(=O)[C@H](Cc1ccc(OC(=O)COC)cc1)NC(=O)C1(NC(=O)[C@@H](SC(C)=O)C(C)C)CCCC1. The summed E-state index contributed by atoms with van der Waals surface area (Å²) < 4.78 is 15.1. The molecule has 1 aliphatic carbocycles. The summed E-state index contributed by atoms with van der Waals surface area (Å²) in [5.41, 5.74) is -0.469. The number of esters is 2. The largest absolute Gasteiger partial charge is 0.464 e. The first-order valence-electron chi connectivity index (χ1n) is 12.8. The Morgan fingerprint density at radius 1 is 1.05 bits per heavy atom. The van der Waals surface area contributed by atoms with Crippen LogP contribution in [0.3, 0.4) is 0 Å². The standard InChI is InChI=1S/C27H38N2O8S/c1-6-36-25(33)21(15-19-9-11-20(12-10-19)37-22(31)16-35-5)28-26(34)27(13-7-8-14-27)29-24(32)23(17(2)3)38-18(4)30/h9-12,17,21,23H,6-8,13-16H2,1-5H3,(H,28,34)(H,29,32)/t21-,23-/m0/s1. The Morgan fingerprint density at radius 2 is 1.68 bits per heavy atom. The second-order valence-corrected chi connectivity index (χ2v) is 10.9. The third-order valence-electron chi connectivity index (χ3n) is 6.14. The predicted molar refractivity (Wildman–Crippen MR) is 142 cm³/mol. The van der Waals surface area contributed by atoms with Crippen molar-refractivity contribution in [2.24, 2.45) is 5.92 Å². The Kier molecular flexibility index (Phi) is 12.2. The summed E-state index contributed by atoms with van der Waals surface area (Å²) in [6.07, 6.45) is 2.48. The van der Waals surface area contributed by atoms with Gasteiger partial charge in [-0.1, -0.05) is 50.6 Å². The quantitative estimate of drug-likeness (QED) is 0.280. The summed E-state index contributed by atoms with van der Waals surface area (Å²) in [5.74, 6) is -1.76. The van der Waals surface area contributed by atoms with E-state index in [0.29, 0.717) is 24.2 Å². The molecule has 0 heterocycles. The Hall–Kier alpha value is -2.92. The van der Waals surface area contributed by atoms with Crippen molar-refractivity contribution < 1.29 is 38.2 Å². The first kappa shape index (κ1) is 31.3. The fraction of sp³-hybridized carbons (Fsp3) is 0.593. The van der Waals surface area contributed by atoms with Gasteiger partial charge in [-0.25, -0.2) is 9.59 Å². The van der Waals surface area contributed by atoms with E-state index in [4.69, 9.17) is 14.2 Å². The molecule has 0 saturated heterocycles. The molecule has 38 heavy (non-hydrogen) atoms. The number of carbonyl (C=O) groups excluding carboxylic acids is 5. The van der Waals surface area contributed by atoms with E-state index in [1.54, 1.807) is 31.2 Å². The van der Waals surface area contributed by atoms with Crippen molar-refractivity contribution in [3.63, 3.8) is 0 Å². The van der Waals surface area contributed by atoms with Crippen LogP contribution in [0.15, 0.2) is 24.3 Å². The highest BCUT2D eigenvalue weighted by Crippen LogP contribution is 2.32. The molecule has 0 bridgehead atoms. The van der Waals surface area contributed by atoms with Crippen LogP contribution in [0.1, 0.15) is 58.9 Å². The number of nitrogens with one attached hydrogen (secondary N) is 2. The second-order valence-electron chi connectivity index (χ2n) is 9.59. The highest BCUT2D eigenvalue weighted by Gasteiger charge is 2.45. The normalized spacial score (nSPS) is 15.8. The Bertz CT molecular complexity index is 989. The molecule has 11 heteroatoms. The third-order valence-corrected chi connectivity index (χ3v) is 7.49. The molecule has 1 aromatic carbocycles. The number of hydrogen-bond donors (Lipinski definition) is 2. The Balaban J connectivity index is 2.19. The lowest BCUT2D eigenvalue weighted by Gasteiger charge is -2.33. The molecule has 1 aliphatic rings. The molecule has 0 unspecified atom stereocenters. The molecule has 1 aromatic rings. The average molecular weight is 551 g/mol. The number of carbonyl (C=O) groups is 5. The Labute approximate surface area is 227 Å². The monoisotopic (exact) mass is 550 g/mol. The molecule has 2 atom stereocenters. The van der Waals surface area contributed by atoms with Crippen LogP contribution < -0.4 is 15.4 Å². The summed E-state index contributed by atoms with van der Waals surface area (Å²) in [7, 11) is 1.39. The smallest absolute Gasteiger partial charge is 0.337 e. The number of rotatable bonds is 13. The van der Waals surface area contributed by atoms with Crippen molar-refractivity contribution in [2.45, 2.75) is 76.6 Å². The van der Waals surface area contributed by atoms with Crippen LogP contribution in [-0.2, 0) is 39.9 Å². The zero-order chi connectivity index (χ0) is 28.3. The zero-order valence-corrected chi connectivity index (χ0v) is 23.5. The van der Waals surface area contributed by atoms with Crippen molar-refractivity contribution >= 4 is 40.6 Å². The lowest BCUT2D eigenvalue weighted by molar-refractivity contribution is -0.148. The van der Waals surface area contributed by atoms with Crippen molar-refractivity contribution in [2.75, 3.05) is 20.3 Å². The number of ether oxygens (including phenoxy) is 3. The highest BCUT2D eigenvalue weighted by atomic mass is 32.2. The van der Waals surface area contributed by atoms with Gasteiger partial charge >= 0.3 is 11.9 Å². The van der Waals surface area contributed by atoms with Crippen molar-refractivity contribution in [1.29, 1.82) is 0 Å². The van der Waals surface area contributed by atoms with Gasteiger partial charge in [-0.15, -0.1) is 0 Å². The predicted octanol–water partition coefficient (Wildman–Crippen LogP) is 2.56. The minimum atomic E-state index is -1.17. The van der Waals surface area contributed by atoms with E-state index < -0.39 is 34.7 Å². The minimum Gasteiger partial charge on any atom is -0.464 e. The van der Waals surface area contributed by atoms with Gasteiger partial charge in [0, 0.05) is 20.5 Å². The van der Waals surface area contributed by atoms with Crippen LogP contribution in [0.5, 0.6) is 5.75 Å². The molecule has 1 saturated carbocycles. The molecular weight excluding hydrogens is 512 g/mol. The van der Waals surface area contributed by atoms with Gasteiger partial charge in [0.25, 0.3) is 0 Å². The molecule has 2 N–H and O–H groups in total. The summed E-state index contributed by atoms with van der Waals surface area (Å²) in [4.78, 5) is 62.8. The van der Waals surface area contributed by atoms with Crippen LogP contribution in [0, 0.1) is 5.92 Å². The van der Waals surface area contributed by atoms with E-state index in [9.17, 15) is 24.0 Å². The van der Waals surface area contributed by atoms with E-state index in [0.717, 1.165) is 24.6 Å². The number of amides is 2. The number of benzene rings is 1. The van der Waals surface area contributed by atoms with E-state index in [1.807, 2.05) is 13.8 Å². The molecule has 210 valence electrons. The summed E-state index contributed by atoms with van der Waals surface area (Å²) in [6, 6.07) is 5.56. The van der Waals surface area contributed by atoms with Gasteiger partial charge in [-0.05, 0) is 43.4 Å². The third kappa shape index (κ3) is 9.13. The molecule has 0 aliphatic heterocycles. The van der Waals surface area contributed by atoms with E-state index in [-0.39, 0.29) is 36.6 Å². The molecule has 2 amide bonds. The summed E-state index contributed by atoms with van der Waals surface area (Å²) in [6.45, 7) is 6.75. The van der Waals surface area contributed by atoms with Gasteiger partial charge in [0.2, 0.25) is 11.8 Å². The van der Waals surface area contributed by atoms with Gasteiger partial charge in [0.1, 0.15) is 23.9 Å². The molecule has 10 nitrogen and oxygen atoms in total. The number of hydrogen-bond acceptors (Lipinski definition) is 9. The first-order valence-corrected chi connectivity index (χ1v) is 13.6. The fourth-order valence-corrected chi connectivity index (χ4v) is 5.10. The van der Waals surface area contributed by atoms with Crippen LogP contribution >= 0.6 is 11.8 Å². The molecular formula is C27H38N2O8S. The summed E-state index contributed by atoms with van der Waals surface area (Å²) >= 11 is 0.949. The highest BCUT2D eigenvalue weighted by molar-refractivity contribution is 8.14. The average Bonchev–Trinajstić information content (AvgIpc) is 3.33. The van der Waals surface area contributed by atoms with E-state index in [1.165, 1.54) is 14.0 Å².